The van der Waals surface area contributed by atoms with Crippen LogP contribution in [0.1, 0.15) is 13.3 Å². The molecule has 0 aliphatic carbocycles. The number of nitrogens with two attached hydrogens (primary N) is 1. The van der Waals surface area contributed by atoms with Gasteiger partial charge in [0.25, 0.3) is 0 Å². The summed E-state index contributed by atoms with van der Waals surface area (Å²) < 4.78 is 25.7. The van der Waals surface area contributed by atoms with Gasteiger partial charge in [-0.15, -0.1) is 0 Å². The van der Waals surface area contributed by atoms with Gasteiger partial charge in [0, 0.05) is 19.0 Å². The summed E-state index contributed by atoms with van der Waals surface area (Å²) in [6.45, 7) is 3.25. The van der Waals surface area contributed by atoms with E-state index in [0.717, 1.165) is 6.42 Å². The zero-order chi connectivity index (χ0) is 10.3. The van der Waals surface area contributed by atoms with Crippen LogP contribution in [0.25, 0.3) is 0 Å². The van der Waals surface area contributed by atoms with Crippen molar-refractivity contribution >= 4 is 21.8 Å². The van der Waals surface area contributed by atoms with Crippen molar-refractivity contribution in [2.75, 3.05) is 13.1 Å². The molecule has 80 valence electrons. The maximum Gasteiger partial charge on any atom is 0.248 e. The number of hydrogen-bond acceptors (Lipinski definition) is 4. The van der Waals surface area contributed by atoms with Crippen LogP contribution >= 0.6 is 11.8 Å². The molecule has 0 aromatic rings. The van der Waals surface area contributed by atoms with Gasteiger partial charge in [0.15, 0.2) is 0 Å². The van der Waals surface area contributed by atoms with Gasteiger partial charge in [-0.3, -0.25) is 0 Å². The fourth-order valence-electron chi connectivity index (χ4n) is 1.39. The van der Waals surface area contributed by atoms with Crippen LogP contribution in [0.5, 0.6) is 0 Å². The number of sulfonamides is 1. The third-order valence-electron chi connectivity index (χ3n) is 2.58. The largest absolute Gasteiger partial charge is 0.319 e. The SMILES string of the molecule is CC1C=C(S(=O)(=O)N2CCC2)SC1N. The van der Waals surface area contributed by atoms with Gasteiger partial charge >= 0.3 is 0 Å². The quantitative estimate of drug-likeness (QED) is 0.757. The molecule has 2 aliphatic heterocycles. The summed E-state index contributed by atoms with van der Waals surface area (Å²) >= 11 is 1.27. The minimum absolute atomic E-state index is 0.110. The van der Waals surface area contributed by atoms with Gasteiger partial charge < -0.3 is 5.73 Å². The Morgan fingerprint density at radius 2 is 2.21 bits per heavy atom. The number of nitrogens with zero attached hydrogens (tertiary/aromatic N) is 1. The summed E-state index contributed by atoms with van der Waals surface area (Å²) in [6, 6.07) is 0. The van der Waals surface area contributed by atoms with E-state index in [1.165, 1.54) is 16.1 Å². The van der Waals surface area contributed by atoms with Gasteiger partial charge in [-0.05, 0) is 6.42 Å². The molecule has 2 rings (SSSR count). The molecule has 1 fully saturated rings. The molecule has 0 spiro atoms. The van der Waals surface area contributed by atoms with E-state index in [1.54, 1.807) is 6.08 Å². The normalized spacial score (nSPS) is 34.0. The molecular weight excluding hydrogens is 220 g/mol. The van der Waals surface area contributed by atoms with Crippen LogP contribution in [-0.2, 0) is 10.0 Å². The third kappa shape index (κ3) is 1.60. The molecule has 0 aromatic heterocycles. The molecule has 4 nitrogen and oxygen atoms in total. The molecule has 0 amide bonds. The molecule has 2 aliphatic rings. The first-order chi connectivity index (χ1) is 6.51. The lowest BCUT2D eigenvalue weighted by molar-refractivity contribution is 0.313. The van der Waals surface area contributed by atoms with Crippen molar-refractivity contribution in [3.63, 3.8) is 0 Å². The van der Waals surface area contributed by atoms with Crippen LogP contribution in [0.2, 0.25) is 0 Å². The van der Waals surface area contributed by atoms with Crippen molar-refractivity contribution in [1.82, 2.24) is 4.31 Å². The molecule has 0 radical (unpaired) electrons. The van der Waals surface area contributed by atoms with Crippen LogP contribution in [0.4, 0.5) is 0 Å². The van der Waals surface area contributed by atoms with Gasteiger partial charge in [-0.1, -0.05) is 24.8 Å². The van der Waals surface area contributed by atoms with E-state index in [0.29, 0.717) is 17.3 Å². The second-order valence-corrected chi connectivity index (χ2v) is 7.07. The molecule has 2 heterocycles. The van der Waals surface area contributed by atoms with Crippen molar-refractivity contribution < 1.29 is 8.42 Å². The average molecular weight is 234 g/mol. The van der Waals surface area contributed by atoms with Gasteiger partial charge in [-0.2, -0.15) is 4.31 Å². The molecule has 2 N–H and O–H groups in total. The highest BCUT2D eigenvalue weighted by molar-refractivity contribution is 8.18. The lowest BCUT2D eigenvalue weighted by Crippen LogP contribution is -2.42. The highest BCUT2D eigenvalue weighted by atomic mass is 32.3. The monoisotopic (exact) mass is 234 g/mol. The summed E-state index contributed by atoms with van der Waals surface area (Å²) in [5.41, 5.74) is 5.75. The zero-order valence-corrected chi connectivity index (χ0v) is 9.64. The Hall–Kier alpha value is -0.0400. The first-order valence-corrected chi connectivity index (χ1v) is 6.98. The van der Waals surface area contributed by atoms with Crippen molar-refractivity contribution in [3.8, 4) is 0 Å². The van der Waals surface area contributed by atoms with Crippen molar-refractivity contribution in [2.45, 2.75) is 18.7 Å². The van der Waals surface area contributed by atoms with Crippen LogP contribution < -0.4 is 5.73 Å². The topological polar surface area (TPSA) is 63.4 Å². The standard InChI is InChI=1S/C8H14N2O2S2/c1-6-5-7(13-8(6)9)14(11,12)10-3-2-4-10/h5-6,8H,2-4,9H2,1H3. The van der Waals surface area contributed by atoms with E-state index < -0.39 is 10.0 Å². The van der Waals surface area contributed by atoms with Crippen molar-refractivity contribution in [2.24, 2.45) is 11.7 Å². The Morgan fingerprint density at radius 3 is 2.57 bits per heavy atom. The van der Waals surface area contributed by atoms with Gasteiger partial charge in [-0.25, -0.2) is 8.42 Å². The summed E-state index contributed by atoms with van der Waals surface area (Å²) in [5.74, 6) is 0.144. The Balaban J connectivity index is 2.19. The number of thioether (sulfide) groups is 1. The van der Waals surface area contributed by atoms with E-state index in [4.69, 9.17) is 5.73 Å². The fourth-order valence-corrected chi connectivity index (χ4v) is 4.76. The van der Waals surface area contributed by atoms with Crippen LogP contribution in [0.3, 0.4) is 0 Å². The predicted molar refractivity (Wildman–Crippen MR) is 57.9 cm³/mol. The Labute approximate surface area is 88.6 Å². The fraction of sp³-hybridized carbons (Fsp3) is 0.750. The number of hydrogen-bond donors (Lipinski definition) is 1. The minimum atomic E-state index is -3.19. The first-order valence-electron chi connectivity index (χ1n) is 4.66. The third-order valence-corrected chi connectivity index (χ3v) is 6.26. The molecule has 2 atom stereocenters. The molecule has 6 heteroatoms. The second kappa shape index (κ2) is 3.52. The van der Waals surface area contributed by atoms with E-state index in [1.807, 2.05) is 6.92 Å². The van der Waals surface area contributed by atoms with Gasteiger partial charge in [0.2, 0.25) is 10.0 Å². The summed E-state index contributed by atoms with van der Waals surface area (Å²) in [5, 5.41) is -0.110. The number of rotatable bonds is 2. The predicted octanol–water partition coefficient (Wildman–Crippen LogP) is 0.531. The maximum absolute atomic E-state index is 11.9. The van der Waals surface area contributed by atoms with Crippen molar-refractivity contribution in [3.05, 3.63) is 10.3 Å². The Morgan fingerprint density at radius 1 is 1.57 bits per heavy atom. The van der Waals surface area contributed by atoms with E-state index >= 15 is 0 Å². The highest BCUT2D eigenvalue weighted by Gasteiger charge is 2.36. The van der Waals surface area contributed by atoms with Gasteiger partial charge in [0.05, 0.1) is 5.37 Å². The molecule has 0 aromatic carbocycles. The smallest absolute Gasteiger partial charge is 0.248 e. The molecular formula is C8H14N2O2S2. The minimum Gasteiger partial charge on any atom is -0.319 e. The van der Waals surface area contributed by atoms with Crippen molar-refractivity contribution in [1.29, 1.82) is 0 Å². The zero-order valence-electron chi connectivity index (χ0n) is 8.01. The lowest BCUT2D eigenvalue weighted by Gasteiger charge is -2.29. The summed E-state index contributed by atoms with van der Waals surface area (Å²) in [7, 11) is -3.19. The average Bonchev–Trinajstić information content (AvgIpc) is 2.28. The Kier molecular flexibility index (Phi) is 2.63. The molecule has 0 saturated carbocycles. The van der Waals surface area contributed by atoms with E-state index in [2.05, 4.69) is 0 Å². The molecule has 2 unspecified atom stereocenters. The van der Waals surface area contributed by atoms with Crippen LogP contribution in [-0.4, -0.2) is 31.2 Å². The first kappa shape index (κ1) is 10.5. The van der Waals surface area contributed by atoms with E-state index in [-0.39, 0.29) is 11.3 Å². The molecule has 1 saturated heterocycles. The summed E-state index contributed by atoms with van der Waals surface area (Å²) in [4.78, 5) is 0. The van der Waals surface area contributed by atoms with Gasteiger partial charge in [0.1, 0.15) is 4.24 Å². The van der Waals surface area contributed by atoms with Crippen LogP contribution in [0.15, 0.2) is 10.3 Å². The van der Waals surface area contributed by atoms with Crippen LogP contribution in [0, 0.1) is 5.92 Å². The molecule has 0 bridgehead atoms. The summed E-state index contributed by atoms with van der Waals surface area (Å²) in [6.07, 6.45) is 2.74. The maximum atomic E-state index is 11.9. The molecule has 14 heavy (non-hydrogen) atoms. The van der Waals surface area contributed by atoms with E-state index in [9.17, 15) is 8.42 Å². The lowest BCUT2D eigenvalue weighted by atomic mass is 10.2. The second-order valence-electron chi connectivity index (χ2n) is 3.68. The highest BCUT2D eigenvalue weighted by Crippen LogP contribution is 2.38. The Bertz CT molecular complexity index is 360.